The van der Waals surface area contributed by atoms with Gasteiger partial charge in [-0.15, -0.1) is 11.3 Å². The lowest BCUT2D eigenvalue weighted by molar-refractivity contribution is 0.0527. The molecule has 0 aliphatic carbocycles. The molecule has 1 aromatic heterocycles. The van der Waals surface area contributed by atoms with Crippen LogP contribution in [0, 0.1) is 13.8 Å². The highest BCUT2D eigenvalue weighted by Crippen LogP contribution is 2.36. The molecule has 3 rings (SSSR count). The molecule has 0 radical (unpaired) electrons. The Morgan fingerprint density at radius 2 is 1.85 bits per heavy atom. The number of hydrogen-bond acceptors (Lipinski definition) is 5. The van der Waals surface area contributed by atoms with Crippen LogP contribution in [0.2, 0.25) is 5.02 Å². The van der Waals surface area contributed by atoms with Crippen LogP contribution in [-0.2, 0) is 14.8 Å². The van der Waals surface area contributed by atoms with Crippen LogP contribution in [0.15, 0.2) is 41.3 Å². The van der Waals surface area contributed by atoms with E-state index in [1.165, 1.54) is 17.4 Å². The number of benzene rings is 2. The fourth-order valence-corrected chi connectivity index (χ4v) is 5.76. The quantitative estimate of drug-likeness (QED) is 0.576. The van der Waals surface area contributed by atoms with E-state index in [1.54, 1.807) is 44.2 Å². The molecule has 0 bridgehead atoms. The lowest BCUT2D eigenvalue weighted by Crippen LogP contribution is -2.16. The van der Waals surface area contributed by atoms with Gasteiger partial charge in [0.2, 0.25) is 0 Å². The van der Waals surface area contributed by atoms with E-state index in [2.05, 4.69) is 4.72 Å². The molecule has 0 amide bonds. The standard InChI is InChI=1S/C19H18ClNO4S2/c1-4-25-19(22)16-11(2)12(3)26-18(16)21-27(23,24)15-10-6-8-13-7-5-9-14(20)17(13)15/h5-10,21H,4H2,1-3H3. The predicted molar refractivity (Wildman–Crippen MR) is 110 cm³/mol. The maximum absolute atomic E-state index is 13.1. The molecule has 27 heavy (non-hydrogen) atoms. The van der Waals surface area contributed by atoms with E-state index in [9.17, 15) is 13.2 Å². The van der Waals surface area contributed by atoms with Gasteiger partial charge in [-0.3, -0.25) is 4.72 Å². The van der Waals surface area contributed by atoms with E-state index in [-0.39, 0.29) is 22.1 Å². The average Bonchev–Trinajstić information content (AvgIpc) is 2.88. The van der Waals surface area contributed by atoms with Crippen molar-refractivity contribution < 1.29 is 17.9 Å². The van der Waals surface area contributed by atoms with Crippen molar-refractivity contribution in [2.75, 3.05) is 11.3 Å². The topological polar surface area (TPSA) is 72.5 Å². The number of rotatable bonds is 5. The van der Waals surface area contributed by atoms with Gasteiger partial charge in [-0.25, -0.2) is 13.2 Å². The fourth-order valence-electron chi connectivity index (χ4n) is 2.81. The highest BCUT2D eigenvalue weighted by Gasteiger charge is 2.26. The number of halogens is 1. The largest absolute Gasteiger partial charge is 0.462 e. The zero-order valence-electron chi connectivity index (χ0n) is 15.0. The first-order valence-electron chi connectivity index (χ1n) is 8.23. The number of nitrogens with one attached hydrogen (secondary N) is 1. The molecule has 8 heteroatoms. The van der Waals surface area contributed by atoms with Crippen molar-refractivity contribution in [3.8, 4) is 0 Å². The van der Waals surface area contributed by atoms with E-state index in [0.717, 1.165) is 10.3 Å². The van der Waals surface area contributed by atoms with Crippen molar-refractivity contribution in [1.82, 2.24) is 0 Å². The molecule has 0 spiro atoms. The molecule has 5 nitrogen and oxygen atoms in total. The second-order valence-electron chi connectivity index (χ2n) is 5.91. The van der Waals surface area contributed by atoms with Gasteiger partial charge in [-0.2, -0.15) is 0 Å². The molecule has 2 aromatic carbocycles. The van der Waals surface area contributed by atoms with Crippen LogP contribution in [0.1, 0.15) is 27.7 Å². The van der Waals surface area contributed by atoms with Gasteiger partial charge >= 0.3 is 5.97 Å². The van der Waals surface area contributed by atoms with E-state index in [1.807, 2.05) is 6.92 Å². The molecule has 0 saturated heterocycles. The molecule has 0 saturated carbocycles. The number of sulfonamides is 1. The third kappa shape index (κ3) is 3.67. The number of hydrogen-bond donors (Lipinski definition) is 1. The molecule has 0 aliphatic rings. The summed E-state index contributed by atoms with van der Waals surface area (Å²) >= 11 is 7.46. The number of carbonyl (C=O) groups is 1. The van der Waals surface area contributed by atoms with Crippen molar-refractivity contribution >= 4 is 54.7 Å². The molecule has 142 valence electrons. The Hall–Kier alpha value is -2.09. The highest BCUT2D eigenvalue weighted by molar-refractivity contribution is 7.93. The number of thiophene rings is 1. The Morgan fingerprint density at radius 1 is 1.19 bits per heavy atom. The first-order valence-corrected chi connectivity index (χ1v) is 10.9. The van der Waals surface area contributed by atoms with Gasteiger partial charge in [-0.05, 0) is 43.9 Å². The van der Waals surface area contributed by atoms with Gasteiger partial charge in [0, 0.05) is 15.3 Å². The summed E-state index contributed by atoms with van der Waals surface area (Å²) in [6.07, 6.45) is 0. The van der Waals surface area contributed by atoms with Gasteiger partial charge in [0.25, 0.3) is 10.0 Å². The van der Waals surface area contributed by atoms with Gasteiger partial charge in [-0.1, -0.05) is 35.9 Å². The first-order chi connectivity index (χ1) is 12.8. The van der Waals surface area contributed by atoms with Crippen molar-refractivity contribution in [3.63, 3.8) is 0 Å². The maximum atomic E-state index is 13.1. The third-order valence-electron chi connectivity index (χ3n) is 4.20. The van der Waals surface area contributed by atoms with Crippen molar-refractivity contribution in [1.29, 1.82) is 0 Å². The number of esters is 1. The van der Waals surface area contributed by atoms with Gasteiger partial charge in [0.05, 0.1) is 17.1 Å². The number of ether oxygens (including phenoxy) is 1. The van der Waals surface area contributed by atoms with Gasteiger partial charge in [0.15, 0.2) is 0 Å². The molecule has 0 unspecified atom stereocenters. The summed E-state index contributed by atoms with van der Waals surface area (Å²) in [7, 11) is -3.97. The summed E-state index contributed by atoms with van der Waals surface area (Å²) in [6.45, 7) is 5.51. The molecule has 1 heterocycles. The van der Waals surface area contributed by atoms with Crippen LogP contribution >= 0.6 is 22.9 Å². The number of fused-ring (bicyclic) bond motifs is 1. The minimum absolute atomic E-state index is 0.0594. The van der Waals surface area contributed by atoms with Gasteiger partial charge in [0.1, 0.15) is 5.00 Å². The van der Waals surface area contributed by atoms with Crippen LogP contribution in [0.5, 0.6) is 0 Å². The molecular formula is C19H18ClNO4S2. The van der Waals surface area contributed by atoms with Crippen LogP contribution in [0.25, 0.3) is 10.8 Å². The zero-order chi connectivity index (χ0) is 19.8. The minimum Gasteiger partial charge on any atom is -0.462 e. The number of anilines is 1. The predicted octanol–water partition coefficient (Wildman–Crippen LogP) is 5.15. The van der Waals surface area contributed by atoms with E-state index in [4.69, 9.17) is 16.3 Å². The second-order valence-corrected chi connectivity index (χ2v) is 9.19. The molecule has 1 N–H and O–H groups in total. The Morgan fingerprint density at radius 3 is 2.52 bits per heavy atom. The summed E-state index contributed by atoms with van der Waals surface area (Å²) in [5, 5.41) is 1.75. The van der Waals surface area contributed by atoms with Crippen LogP contribution in [0.3, 0.4) is 0 Å². The molecule has 3 aromatic rings. The van der Waals surface area contributed by atoms with Crippen molar-refractivity contribution in [2.24, 2.45) is 0 Å². The first kappa shape index (κ1) is 19.7. The zero-order valence-corrected chi connectivity index (χ0v) is 17.4. The van der Waals surface area contributed by atoms with Crippen LogP contribution in [0.4, 0.5) is 5.00 Å². The summed E-state index contributed by atoms with van der Waals surface area (Å²) in [4.78, 5) is 13.2. The van der Waals surface area contributed by atoms with Gasteiger partial charge < -0.3 is 4.74 Å². The lowest BCUT2D eigenvalue weighted by Gasteiger charge is -2.12. The summed E-state index contributed by atoms with van der Waals surface area (Å²) in [6, 6.07) is 10.2. The number of aryl methyl sites for hydroxylation is 1. The Balaban J connectivity index is 2.12. The van der Waals surface area contributed by atoms with E-state index < -0.39 is 16.0 Å². The lowest BCUT2D eigenvalue weighted by atomic mass is 10.1. The summed E-state index contributed by atoms with van der Waals surface area (Å²) in [5.41, 5.74) is 0.946. The summed E-state index contributed by atoms with van der Waals surface area (Å²) < 4.78 is 33.9. The normalized spacial score (nSPS) is 11.6. The summed E-state index contributed by atoms with van der Waals surface area (Å²) in [5.74, 6) is -0.548. The van der Waals surface area contributed by atoms with E-state index in [0.29, 0.717) is 16.0 Å². The van der Waals surface area contributed by atoms with Crippen LogP contribution in [-0.4, -0.2) is 21.0 Å². The highest BCUT2D eigenvalue weighted by atomic mass is 35.5. The fraction of sp³-hybridized carbons (Fsp3) is 0.211. The molecule has 0 atom stereocenters. The third-order valence-corrected chi connectivity index (χ3v) is 7.16. The average molecular weight is 424 g/mol. The molecule has 0 fully saturated rings. The smallest absolute Gasteiger partial charge is 0.341 e. The van der Waals surface area contributed by atoms with Crippen molar-refractivity contribution in [3.05, 3.63) is 57.4 Å². The maximum Gasteiger partial charge on any atom is 0.341 e. The minimum atomic E-state index is -3.97. The van der Waals surface area contributed by atoms with Crippen molar-refractivity contribution in [2.45, 2.75) is 25.7 Å². The number of carbonyl (C=O) groups excluding carboxylic acids is 1. The second kappa shape index (κ2) is 7.50. The van der Waals surface area contributed by atoms with Crippen LogP contribution < -0.4 is 4.72 Å². The molecule has 0 aliphatic heterocycles. The SMILES string of the molecule is CCOC(=O)c1c(NS(=O)(=O)c2cccc3cccc(Cl)c23)sc(C)c1C. The van der Waals surface area contributed by atoms with E-state index >= 15 is 0 Å². The Bertz CT molecular complexity index is 1130. The Kier molecular flexibility index (Phi) is 5.46. The Labute approximate surface area is 167 Å². The monoisotopic (exact) mass is 423 g/mol. The molecular weight excluding hydrogens is 406 g/mol.